The second kappa shape index (κ2) is 5.68. The standard InChI is InChI=1S/C16H24FN3/c1-18-9-13-5-6-19-16(15(13)17)20(2)10-14-8-11-3-4-12(14)7-11/h5-6,11-12,14,18H,3-4,7-10H2,1-2H3. The van der Waals surface area contributed by atoms with Crippen LogP contribution in [0.25, 0.3) is 0 Å². The second-order valence-electron chi connectivity index (χ2n) is 6.45. The van der Waals surface area contributed by atoms with Crippen LogP contribution in [-0.4, -0.2) is 25.6 Å². The van der Waals surface area contributed by atoms with E-state index in [0.717, 1.165) is 24.3 Å². The van der Waals surface area contributed by atoms with E-state index in [4.69, 9.17) is 0 Å². The first kappa shape index (κ1) is 13.8. The summed E-state index contributed by atoms with van der Waals surface area (Å²) in [5.74, 6) is 2.86. The first-order valence-corrected chi connectivity index (χ1v) is 7.68. The Balaban J connectivity index is 1.70. The van der Waals surface area contributed by atoms with Crippen molar-refractivity contribution in [2.75, 3.05) is 25.5 Å². The minimum atomic E-state index is -0.174. The van der Waals surface area contributed by atoms with Crippen molar-refractivity contribution in [3.63, 3.8) is 0 Å². The van der Waals surface area contributed by atoms with E-state index in [1.807, 2.05) is 19.0 Å². The lowest BCUT2D eigenvalue weighted by molar-refractivity contribution is 0.336. The quantitative estimate of drug-likeness (QED) is 0.897. The highest BCUT2D eigenvalue weighted by molar-refractivity contribution is 5.42. The van der Waals surface area contributed by atoms with E-state index in [2.05, 4.69) is 10.3 Å². The van der Waals surface area contributed by atoms with Crippen LogP contribution in [0.1, 0.15) is 31.2 Å². The van der Waals surface area contributed by atoms with Crippen molar-refractivity contribution in [1.82, 2.24) is 10.3 Å². The van der Waals surface area contributed by atoms with Gasteiger partial charge in [0.2, 0.25) is 0 Å². The van der Waals surface area contributed by atoms with Gasteiger partial charge in [0.15, 0.2) is 11.6 Å². The summed E-state index contributed by atoms with van der Waals surface area (Å²) >= 11 is 0. The molecule has 1 N–H and O–H groups in total. The lowest BCUT2D eigenvalue weighted by atomic mass is 9.88. The zero-order chi connectivity index (χ0) is 14.1. The Morgan fingerprint density at radius 3 is 2.90 bits per heavy atom. The van der Waals surface area contributed by atoms with E-state index in [1.165, 1.54) is 25.7 Å². The number of hydrogen-bond acceptors (Lipinski definition) is 3. The molecule has 0 aromatic carbocycles. The van der Waals surface area contributed by atoms with Crippen LogP contribution < -0.4 is 10.2 Å². The molecule has 3 atom stereocenters. The minimum absolute atomic E-state index is 0.174. The molecule has 3 rings (SSSR count). The Labute approximate surface area is 120 Å². The Hall–Kier alpha value is -1.16. The van der Waals surface area contributed by atoms with Crippen molar-refractivity contribution in [2.24, 2.45) is 17.8 Å². The van der Waals surface area contributed by atoms with Gasteiger partial charge in [0.25, 0.3) is 0 Å². The predicted molar refractivity (Wildman–Crippen MR) is 79.2 cm³/mol. The molecule has 1 aromatic rings. The highest BCUT2D eigenvalue weighted by Gasteiger charge is 2.39. The average Bonchev–Trinajstić information content (AvgIpc) is 3.03. The third kappa shape index (κ3) is 2.53. The molecule has 2 bridgehead atoms. The van der Waals surface area contributed by atoms with Gasteiger partial charge in [-0.3, -0.25) is 0 Å². The SMILES string of the molecule is CNCc1ccnc(N(C)CC2CC3CCC2C3)c1F. The fraction of sp³-hybridized carbons (Fsp3) is 0.688. The maximum Gasteiger partial charge on any atom is 0.170 e. The smallest absolute Gasteiger partial charge is 0.170 e. The third-order valence-electron chi connectivity index (χ3n) is 5.07. The molecule has 110 valence electrons. The molecule has 2 fully saturated rings. The Kier molecular flexibility index (Phi) is 3.92. The van der Waals surface area contributed by atoms with Crippen LogP contribution in [-0.2, 0) is 6.54 Å². The maximum absolute atomic E-state index is 14.4. The van der Waals surface area contributed by atoms with E-state index >= 15 is 0 Å². The van der Waals surface area contributed by atoms with Gasteiger partial charge in [0.05, 0.1) is 0 Å². The fourth-order valence-corrected chi connectivity index (χ4v) is 4.10. The zero-order valence-electron chi connectivity index (χ0n) is 12.4. The molecule has 2 saturated carbocycles. The highest BCUT2D eigenvalue weighted by atomic mass is 19.1. The number of hydrogen-bond donors (Lipinski definition) is 1. The van der Waals surface area contributed by atoms with Crippen LogP contribution >= 0.6 is 0 Å². The largest absolute Gasteiger partial charge is 0.357 e. The van der Waals surface area contributed by atoms with Crippen LogP contribution in [0, 0.1) is 23.6 Å². The van der Waals surface area contributed by atoms with E-state index in [-0.39, 0.29) is 5.82 Å². The lowest BCUT2D eigenvalue weighted by Gasteiger charge is -2.28. The molecule has 3 nitrogen and oxygen atoms in total. The summed E-state index contributed by atoms with van der Waals surface area (Å²) in [6.45, 7) is 1.48. The van der Waals surface area contributed by atoms with Crippen molar-refractivity contribution >= 4 is 5.82 Å². The lowest BCUT2D eigenvalue weighted by Crippen LogP contribution is -2.30. The third-order valence-corrected chi connectivity index (χ3v) is 5.07. The first-order valence-electron chi connectivity index (χ1n) is 7.68. The summed E-state index contributed by atoms with van der Waals surface area (Å²) < 4.78 is 14.4. The molecular weight excluding hydrogens is 253 g/mol. The highest BCUT2D eigenvalue weighted by Crippen LogP contribution is 2.48. The molecule has 2 aliphatic rings. The molecule has 4 heteroatoms. The number of anilines is 1. The first-order chi connectivity index (χ1) is 9.69. The molecule has 20 heavy (non-hydrogen) atoms. The summed E-state index contributed by atoms with van der Waals surface area (Å²) in [5, 5.41) is 3.00. The summed E-state index contributed by atoms with van der Waals surface area (Å²) in [5.41, 5.74) is 0.692. The Bertz CT molecular complexity index is 477. The van der Waals surface area contributed by atoms with Crippen LogP contribution in [0.3, 0.4) is 0 Å². The number of halogens is 1. The molecule has 2 aliphatic carbocycles. The number of aromatic nitrogens is 1. The topological polar surface area (TPSA) is 28.2 Å². The van der Waals surface area contributed by atoms with E-state index in [1.54, 1.807) is 12.3 Å². The van der Waals surface area contributed by atoms with Gasteiger partial charge in [-0.15, -0.1) is 0 Å². The molecule has 0 amide bonds. The summed E-state index contributed by atoms with van der Waals surface area (Å²) in [7, 11) is 3.80. The second-order valence-corrected chi connectivity index (χ2v) is 6.45. The summed E-state index contributed by atoms with van der Waals surface area (Å²) in [6, 6.07) is 1.75. The summed E-state index contributed by atoms with van der Waals surface area (Å²) in [6.07, 6.45) is 7.22. The summed E-state index contributed by atoms with van der Waals surface area (Å²) in [4.78, 5) is 6.26. The van der Waals surface area contributed by atoms with Crippen molar-refractivity contribution in [1.29, 1.82) is 0 Å². The molecule has 0 aliphatic heterocycles. The molecule has 1 aromatic heterocycles. The maximum atomic E-state index is 14.4. The number of nitrogens with one attached hydrogen (secondary N) is 1. The van der Waals surface area contributed by atoms with Gasteiger partial charge >= 0.3 is 0 Å². The van der Waals surface area contributed by atoms with Gasteiger partial charge in [-0.05, 0) is 50.1 Å². The zero-order valence-corrected chi connectivity index (χ0v) is 12.4. The van der Waals surface area contributed by atoms with Gasteiger partial charge < -0.3 is 10.2 Å². The molecule has 3 unspecified atom stereocenters. The van der Waals surface area contributed by atoms with Gasteiger partial charge in [0.1, 0.15) is 0 Å². The molecule has 0 saturated heterocycles. The minimum Gasteiger partial charge on any atom is -0.357 e. The van der Waals surface area contributed by atoms with Crippen molar-refractivity contribution in [2.45, 2.75) is 32.2 Å². The molecule has 0 radical (unpaired) electrons. The van der Waals surface area contributed by atoms with E-state index < -0.39 is 0 Å². The number of rotatable bonds is 5. The Morgan fingerprint density at radius 1 is 1.40 bits per heavy atom. The normalized spacial score (nSPS) is 28.1. The van der Waals surface area contributed by atoms with Crippen molar-refractivity contribution in [3.8, 4) is 0 Å². The van der Waals surface area contributed by atoms with Crippen LogP contribution in [0.15, 0.2) is 12.3 Å². The molecule has 1 heterocycles. The number of nitrogens with zero attached hydrogens (tertiary/aromatic N) is 2. The number of fused-ring (bicyclic) bond motifs is 2. The average molecular weight is 277 g/mol. The van der Waals surface area contributed by atoms with E-state index in [9.17, 15) is 4.39 Å². The van der Waals surface area contributed by atoms with Crippen LogP contribution in [0.2, 0.25) is 0 Å². The van der Waals surface area contributed by atoms with Gasteiger partial charge in [0, 0.05) is 31.9 Å². The molecular formula is C16H24FN3. The van der Waals surface area contributed by atoms with Crippen LogP contribution in [0.4, 0.5) is 10.2 Å². The van der Waals surface area contributed by atoms with Crippen molar-refractivity contribution in [3.05, 3.63) is 23.6 Å². The fourth-order valence-electron chi connectivity index (χ4n) is 4.10. The molecule has 0 spiro atoms. The van der Waals surface area contributed by atoms with Gasteiger partial charge in [-0.2, -0.15) is 0 Å². The number of pyridine rings is 1. The Morgan fingerprint density at radius 2 is 2.25 bits per heavy atom. The van der Waals surface area contributed by atoms with Crippen molar-refractivity contribution < 1.29 is 4.39 Å². The van der Waals surface area contributed by atoms with Crippen LogP contribution in [0.5, 0.6) is 0 Å². The monoisotopic (exact) mass is 277 g/mol. The predicted octanol–water partition coefficient (Wildman–Crippen LogP) is 2.81. The van der Waals surface area contributed by atoms with Gasteiger partial charge in [-0.25, -0.2) is 9.37 Å². The van der Waals surface area contributed by atoms with E-state index in [0.29, 0.717) is 17.9 Å². The van der Waals surface area contributed by atoms with Gasteiger partial charge in [-0.1, -0.05) is 6.42 Å².